The molecule has 0 aromatic heterocycles. The van der Waals surface area contributed by atoms with Crippen LogP contribution in [0.1, 0.15) is 11.1 Å². The predicted octanol–water partition coefficient (Wildman–Crippen LogP) is 3.44. The third-order valence-corrected chi connectivity index (χ3v) is 8.41. The van der Waals surface area contributed by atoms with E-state index in [1.165, 1.54) is 22.5 Å². The quantitative estimate of drug-likeness (QED) is 0.493. The summed E-state index contributed by atoms with van der Waals surface area (Å²) in [6.07, 6.45) is -1.02. The van der Waals surface area contributed by atoms with Crippen molar-refractivity contribution < 1.29 is 22.7 Å². The number of nitrogens with one attached hydrogen (secondary N) is 1. The molecule has 1 saturated heterocycles. The molecule has 0 spiro atoms. The van der Waals surface area contributed by atoms with E-state index in [1.54, 1.807) is 30.3 Å². The van der Waals surface area contributed by atoms with E-state index in [0.29, 0.717) is 17.3 Å². The van der Waals surface area contributed by atoms with Gasteiger partial charge >= 0.3 is 0 Å². The zero-order valence-electron chi connectivity index (χ0n) is 20.2. The summed E-state index contributed by atoms with van der Waals surface area (Å²) in [7, 11) is -3.94. The van der Waals surface area contributed by atoms with Crippen LogP contribution in [0.2, 0.25) is 5.02 Å². The molecule has 194 valence electrons. The monoisotopic (exact) mass is 541 g/mol. The van der Waals surface area contributed by atoms with Crippen molar-refractivity contribution >= 4 is 33.2 Å². The number of anilines is 1. The number of nitrogens with zero attached hydrogens (tertiary/aromatic N) is 2. The number of halogens is 1. The van der Waals surface area contributed by atoms with Crippen LogP contribution < -0.4 is 14.4 Å². The average molecular weight is 542 g/mol. The van der Waals surface area contributed by atoms with Crippen molar-refractivity contribution in [3.05, 3.63) is 88.9 Å². The first-order chi connectivity index (χ1) is 17.9. The number of morpholine rings is 1. The zero-order chi connectivity index (χ0) is 25.8. The van der Waals surface area contributed by atoms with Crippen LogP contribution in [-0.4, -0.2) is 58.2 Å². The minimum absolute atomic E-state index is 0.124. The normalized spacial score (nSPS) is 18.1. The summed E-state index contributed by atoms with van der Waals surface area (Å²) in [5, 5.41) is 3.28. The molecule has 0 saturated carbocycles. The summed E-state index contributed by atoms with van der Waals surface area (Å²) in [5.41, 5.74) is 2.42. The third kappa shape index (κ3) is 5.91. The lowest BCUT2D eigenvalue weighted by molar-refractivity contribution is -0.127. The molecule has 0 aliphatic carbocycles. The maximum atomic E-state index is 13.5. The summed E-state index contributed by atoms with van der Waals surface area (Å²) in [5.74, 6) is -0.116. The van der Waals surface area contributed by atoms with Crippen LogP contribution in [0.3, 0.4) is 0 Å². The van der Waals surface area contributed by atoms with Crippen LogP contribution in [0.15, 0.2) is 77.7 Å². The number of carbonyl (C=O) groups excluding carboxylic acids is 1. The molecule has 5 rings (SSSR count). The second kappa shape index (κ2) is 11.1. The van der Waals surface area contributed by atoms with Gasteiger partial charge in [0.1, 0.15) is 5.75 Å². The Morgan fingerprint density at radius 1 is 0.973 bits per heavy atom. The van der Waals surface area contributed by atoms with Gasteiger partial charge in [-0.05, 0) is 41.5 Å². The molecule has 1 N–H and O–H groups in total. The molecule has 1 atom stereocenters. The first-order valence-corrected chi connectivity index (χ1v) is 13.9. The van der Waals surface area contributed by atoms with Gasteiger partial charge in [0.05, 0.1) is 30.3 Å². The number of sulfonamides is 1. The number of rotatable bonds is 7. The van der Waals surface area contributed by atoms with E-state index in [4.69, 9.17) is 21.1 Å². The molecule has 10 heteroatoms. The topological polar surface area (TPSA) is 88.2 Å². The highest BCUT2D eigenvalue weighted by molar-refractivity contribution is 7.92. The van der Waals surface area contributed by atoms with E-state index in [0.717, 1.165) is 44.0 Å². The molecule has 37 heavy (non-hydrogen) atoms. The van der Waals surface area contributed by atoms with Gasteiger partial charge in [0.2, 0.25) is 0 Å². The van der Waals surface area contributed by atoms with Gasteiger partial charge in [-0.15, -0.1) is 0 Å². The number of amides is 1. The van der Waals surface area contributed by atoms with Gasteiger partial charge in [-0.3, -0.25) is 14.0 Å². The molecule has 1 fully saturated rings. The number of hydrogen-bond acceptors (Lipinski definition) is 6. The minimum atomic E-state index is -3.94. The predicted molar refractivity (Wildman–Crippen MR) is 141 cm³/mol. The third-order valence-electron chi connectivity index (χ3n) is 6.38. The lowest BCUT2D eigenvalue weighted by atomic mass is 10.1. The molecule has 1 amide bonds. The van der Waals surface area contributed by atoms with Crippen molar-refractivity contribution in [3.63, 3.8) is 0 Å². The van der Waals surface area contributed by atoms with Crippen molar-refractivity contribution in [2.24, 2.45) is 0 Å². The molecule has 1 unspecified atom stereocenters. The zero-order valence-corrected chi connectivity index (χ0v) is 21.7. The Hall–Kier alpha value is -3.11. The summed E-state index contributed by atoms with van der Waals surface area (Å²) < 4.78 is 39.5. The van der Waals surface area contributed by atoms with E-state index in [1.807, 2.05) is 12.1 Å². The van der Waals surface area contributed by atoms with Crippen LogP contribution in [0, 0.1) is 0 Å². The maximum Gasteiger partial charge on any atom is 0.264 e. The van der Waals surface area contributed by atoms with E-state index in [9.17, 15) is 13.2 Å². The van der Waals surface area contributed by atoms with Crippen molar-refractivity contribution in [1.82, 2.24) is 10.2 Å². The van der Waals surface area contributed by atoms with Gasteiger partial charge in [0.25, 0.3) is 15.9 Å². The molecule has 2 heterocycles. The van der Waals surface area contributed by atoms with Crippen molar-refractivity contribution in [2.45, 2.75) is 24.1 Å². The highest BCUT2D eigenvalue weighted by Gasteiger charge is 2.37. The van der Waals surface area contributed by atoms with Gasteiger partial charge in [-0.1, -0.05) is 54.1 Å². The molecule has 3 aromatic rings. The smallest absolute Gasteiger partial charge is 0.264 e. The van der Waals surface area contributed by atoms with Crippen molar-refractivity contribution in [3.8, 4) is 5.75 Å². The van der Waals surface area contributed by atoms with Crippen LogP contribution in [0.25, 0.3) is 0 Å². The van der Waals surface area contributed by atoms with Crippen LogP contribution in [-0.2, 0) is 32.6 Å². The second-order valence-electron chi connectivity index (χ2n) is 8.99. The standard InChI is InChI=1S/C27H28ClN3O5S/c28-22-9-10-25-24(16-22)31(37(33,34)23-7-2-1-3-8-23)19-26(36-25)27(32)29-17-20-5-4-6-21(15-20)18-30-11-13-35-14-12-30/h1-10,15-16,26H,11-14,17-19H2,(H,29,32). The Labute approximate surface area is 221 Å². The number of ether oxygens (including phenoxy) is 2. The number of benzene rings is 3. The Morgan fingerprint density at radius 2 is 1.73 bits per heavy atom. The van der Waals surface area contributed by atoms with E-state index >= 15 is 0 Å². The molecular weight excluding hydrogens is 514 g/mol. The fourth-order valence-corrected chi connectivity index (χ4v) is 6.12. The first-order valence-electron chi connectivity index (χ1n) is 12.1. The van der Waals surface area contributed by atoms with Crippen LogP contribution >= 0.6 is 11.6 Å². The molecule has 8 nitrogen and oxygen atoms in total. The minimum Gasteiger partial charge on any atom is -0.476 e. The van der Waals surface area contributed by atoms with Crippen molar-refractivity contribution in [2.75, 3.05) is 37.2 Å². The number of hydrogen-bond donors (Lipinski definition) is 1. The molecule has 2 aliphatic heterocycles. The lowest BCUT2D eigenvalue weighted by Gasteiger charge is -2.34. The fraction of sp³-hybridized carbons (Fsp3) is 0.296. The molecule has 3 aromatic carbocycles. The number of carbonyl (C=O) groups is 1. The van der Waals surface area contributed by atoms with E-state index in [2.05, 4.69) is 22.3 Å². The maximum absolute atomic E-state index is 13.5. The summed E-state index contributed by atoms with van der Waals surface area (Å²) >= 11 is 6.16. The van der Waals surface area contributed by atoms with Gasteiger partial charge in [0.15, 0.2) is 6.10 Å². The second-order valence-corrected chi connectivity index (χ2v) is 11.3. The van der Waals surface area contributed by atoms with Crippen LogP contribution in [0.5, 0.6) is 5.75 Å². The van der Waals surface area contributed by atoms with E-state index < -0.39 is 22.0 Å². The average Bonchev–Trinajstić information content (AvgIpc) is 2.92. The van der Waals surface area contributed by atoms with Gasteiger partial charge in [-0.25, -0.2) is 8.42 Å². The molecule has 2 aliphatic rings. The Kier molecular flexibility index (Phi) is 7.66. The lowest BCUT2D eigenvalue weighted by Crippen LogP contribution is -2.50. The SMILES string of the molecule is O=C(NCc1cccc(CN2CCOCC2)c1)C1CN(S(=O)(=O)c2ccccc2)c2cc(Cl)ccc2O1. The van der Waals surface area contributed by atoms with Gasteiger partial charge < -0.3 is 14.8 Å². The summed E-state index contributed by atoms with van der Waals surface area (Å²) in [4.78, 5) is 15.6. The first kappa shape index (κ1) is 25.5. The number of fused-ring (bicyclic) bond motifs is 1. The highest BCUT2D eigenvalue weighted by Crippen LogP contribution is 2.38. The van der Waals surface area contributed by atoms with Crippen molar-refractivity contribution in [1.29, 1.82) is 0 Å². The van der Waals surface area contributed by atoms with E-state index in [-0.39, 0.29) is 17.2 Å². The summed E-state index contributed by atoms with van der Waals surface area (Å²) in [6, 6.07) is 20.9. The largest absolute Gasteiger partial charge is 0.476 e. The molecule has 0 bridgehead atoms. The Bertz CT molecular complexity index is 1360. The highest BCUT2D eigenvalue weighted by atomic mass is 35.5. The van der Waals surface area contributed by atoms with Gasteiger partial charge in [0, 0.05) is 31.2 Å². The Balaban J connectivity index is 1.30. The summed E-state index contributed by atoms with van der Waals surface area (Å²) in [6.45, 7) is 4.22. The van der Waals surface area contributed by atoms with Gasteiger partial charge in [-0.2, -0.15) is 0 Å². The molecular formula is C27H28ClN3O5S. The fourth-order valence-electron chi connectivity index (χ4n) is 4.47. The van der Waals surface area contributed by atoms with Crippen LogP contribution in [0.4, 0.5) is 5.69 Å². The Morgan fingerprint density at radius 3 is 2.51 bits per heavy atom. The molecule has 0 radical (unpaired) electrons.